The molecule has 1 amide bonds. The van der Waals surface area contributed by atoms with E-state index in [9.17, 15) is 9.59 Å². The fraction of sp³-hybridized carbons (Fsp3) is 0.0870. The van der Waals surface area contributed by atoms with E-state index in [1.54, 1.807) is 30.0 Å². The Morgan fingerprint density at radius 1 is 0.967 bits per heavy atom. The molecular formula is C23H18BrN3O2S. The maximum Gasteiger partial charge on any atom is 0.258 e. The lowest BCUT2D eigenvalue weighted by atomic mass is 10.2. The molecule has 1 aromatic heterocycles. The first kappa shape index (κ1) is 20.4. The van der Waals surface area contributed by atoms with Crippen molar-refractivity contribution in [1.29, 1.82) is 0 Å². The summed E-state index contributed by atoms with van der Waals surface area (Å²) in [4.78, 5) is 33.8. The second-order valence-electron chi connectivity index (χ2n) is 6.66. The predicted octanol–water partition coefficient (Wildman–Crippen LogP) is 5.41. The number of nitrogens with zero attached hydrogens (tertiary/aromatic N) is 1. The molecule has 1 heterocycles. The van der Waals surface area contributed by atoms with Crippen molar-refractivity contribution in [2.24, 2.45) is 0 Å². The minimum absolute atomic E-state index is 0.126. The Hall–Kier alpha value is -2.90. The summed E-state index contributed by atoms with van der Waals surface area (Å²) in [5.74, 6) is 0.384. The summed E-state index contributed by atoms with van der Waals surface area (Å²) < 4.78 is 1.05. The topological polar surface area (TPSA) is 74.8 Å². The van der Waals surface area contributed by atoms with E-state index in [-0.39, 0.29) is 17.9 Å². The van der Waals surface area contributed by atoms with Crippen LogP contribution < -0.4 is 10.9 Å². The second kappa shape index (κ2) is 9.28. The van der Waals surface area contributed by atoms with Crippen LogP contribution in [0.3, 0.4) is 0 Å². The highest BCUT2D eigenvalue weighted by atomic mass is 79.9. The molecule has 0 spiro atoms. The average Bonchev–Trinajstić information content (AvgIpc) is 2.75. The molecule has 0 unspecified atom stereocenters. The lowest BCUT2D eigenvalue weighted by Gasteiger charge is -2.07. The fourth-order valence-electron chi connectivity index (χ4n) is 2.95. The third kappa shape index (κ3) is 5.17. The molecule has 2 N–H and O–H groups in total. The number of carbonyl (C=O) groups is 1. The van der Waals surface area contributed by atoms with Crippen molar-refractivity contribution in [3.8, 4) is 0 Å². The monoisotopic (exact) mass is 479 g/mol. The van der Waals surface area contributed by atoms with Crippen molar-refractivity contribution < 1.29 is 4.79 Å². The number of para-hydroxylation sites is 1. The zero-order valence-electron chi connectivity index (χ0n) is 15.9. The van der Waals surface area contributed by atoms with Gasteiger partial charge in [0.05, 0.1) is 10.9 Å². The van der Waals surface area contributed by atoms with Crippen LogP contribution in [0.15, 0.2) is 91.9 Å². The van der Waals surface area contributed by atoms with Crippen LogP contribution in [-0.2, 0) is 11.2 Å². The third-order valence-corrected chi connectivity index (χ3v) is 5.98. The van der Waals surface area contributed by atoms with Crippen LogP contribution in [0.25, 0.3) is 10.9 Å². The summed E-state index contributed by atoms with van der Waals surface area (Å²) in [6.45, 7) is 0. The van der Waals surface area contributed by atoms with Gasteiger partial charge in [-0.15, -0.1) is 0 Å². The number of benzene rings is 3. The summed E-state index contributed by atoms with van der Waals surface area (Å²) in [5.41, 5.74) is 1.19. The lowest BCUT2D eigenvalue weighted by molar-refractivity contribution is -0.116. The minimum atomic E-state index is -0.185. The molecule has 0 aliphatic carbocycles. The normalized spacial score (nSPS) is 10.8. The quantitative estimate of drug-likeness (QED) is 0.387. The van der Waals surface area contributed by atoms with Crippen molar-refractivity contribution >= 4 is 50.2 Å². The lowest BCUT2D eigenvalue weighted by Crippen LogP contribution is -2.16. The van der Waals surface area contributed by atoms with Crippen LogP contribution in [0.4, 0.5) is 5.69 Å². The molecule has 4 aromatic rings. The molecule has 0 saturated carbocycles. The number of rotatable bonds is 6. The van der Waals surface area contributed by atoms with E-state index in [1.807, 2.05) is 42.5 Å². The first-order chi connectivity index (χ1) is 14.6. The highest BCUT2D eigenvalue weighted by Crippen LogP contribution is 2.29. The SMILES string of the molecule is O=C(CCc1nc2ccccc2c(=O)[nH]1)Nc1ccc(Sc2ccc(Br)cc2)cc1. The number of aryl methyl sites for hydroxylation is 1. The first-order valence-corrected chi connectivity index (χ1v) is 11.0. The first-order valence-electron chi connectivity index (χ1n) is 9.38. The number of halogens is 1. The molecule has 4 rings (SSSR count). The Bertz CT molecular complexity index is 1240. The van der Waals surface area contributed by atoms with Gasteiger partial charge in [0.15, 0.2) is 0 Å². The van der Waals surface area contributed by atoms with Gasteiger partial charge < -0.3 is 10.3 Å². The summed E-state index contributed by atoms with van der Waals surface area (Å²) in [6.07, 6.45) is 0.597. The maximum atomic E-state index is 12.3. The van der Waals surface area contributed by atoms with Crippen molar-refractivity contribution in [3.05, 3.63) is 93.4 Å². The predicted molar refractivity (Wildman–Crippen MR) is 124 cm³/mol. The van der Waals surface area contributed by atoms with Gasteiger partial charge in [-0.3, -0.25) is 9.59 Å². The van der Waals surface area contributed by atoms with Gasteiger partial charge in [-0.2, -0.15) is 0 Å². The number of aromatic amines is 1. The molecular weight excluding hydrogens is 462 g/mol. The molecule has 5 nitrogen and oxygen atoms in total. The van der Waals surface area contributed by atoms with E-state index < -0.39 is 0 Å². The van der Waals surface area contributed by atoms with Crippen molar-refractivity contribution in [2.75, 3.05) is 5.32 Å². The minimum Gasteiger partial charge on any atom is -0.326 e. The van der Waals surface area contributed by atoms with E-state index in [0.29, 0.717) is 23.1 Å². The van der Waals surface area contributed by atoms with E-state index in [1.165, 1.54) is 0 Å². The van der Waals surface area contributed by atoms with Crippen LogP contribution in [0.1, 0.15) is 12.2 Å². The maximum absolute atomic E-state index is 12.3. The zero-order chi connectivity index (χ0) is 20.9. The smallest absolute Gasteiger partial charge is 0.258 e. The van der Waals surface area contributed by atoms with Crippen LogP contribution in [0.2, 0.25) is 0 Å². The molecule has 0 bridgehead atoms. The molecule has 0 fully saturated rings. The highest BCUT2D eigenvalue weighted by molar-refractivity contribution is 9.10. The van der Waals surface area contributed by atoms with Gasteiger partial charge >= 0.3 is 0 Å². The van der Waals surface area contributed by atoms with Crippen molar-refractivity contribution in [2.45, 2.75) is 22.6 Å². The summed E-state index contributed by atoms with van der Waals surface area (Å²) in [5, 5.41) is 3.44. The van der Waals surface area contributed by atoms with Gasteiger partial charge in [-0.05, 0) is 60.7 Å². The van der Waals surface area contributed by atoms with Gasteiger partial charge in [0.1, 0.15) is 5.82 Å². The number of fused-ring (bicyclic) bond motifs is 1. The van der Waals surface area contributed by atoms with Crippen LogP contribution in [0, 0.1) is 0 Å². The van der Waals surface area contributed by atoms with E-state index in [2.05, 4.69) is 43.3 Å². The Labute approximate surface area is 186 Å². The van der Waals surface area contributed by atoms with Crippen LogP contribution in [0.5, 0.6) is 0 Å². The standard InChI is InChI=1S/C23H18BrN3O2S/c24-15-5-9-17(10-6-15)30-18-11-7-16(8-12-18)25-22(28)14-13-21-26-20-4-2-1-3-19(20)23(29)27-21/h1-12H,13-14H2,(H,25,28)(H,26,27,29). The number of anilines is 1. The largest absolute Gasteiger partial charge is 0.326 e. The Balaban J connectivity index is 1.34. The van der Waals surface area contributed by atoms with Crippen molar-refractivity contribution in [1.82, 2.24) is 9.97 Å². The van der Waals surface area contributed by atoms with E-state index >= 15 is 0 Å². The molecule has 7 heteroatoms. The van der Waals surface area contributed by atoms with Crippen LogP contribution >= 0.6 is 27.7 Å². The van der Waals surface area contributed by atoms with Gasteiger partial charge in [0.2, 0.25) is 5.91 Å². The Morgan fingerprint density at radius 2 is 1.63 bits per heavy atom. The summed E-state index contributed by atoms with van der Waals surface area (Å²) in [6, 6.07) is 23.0. The number of H-pyrrole nitrogens is 1. The van der Waals surface area contributed by atoms with E-state index in [0.717, 1.165) is 20.0 Å². The molecule has 0 aliphatic heterocycles. The Morgan fingerprint density at radius 3 is 2.37 bits per heavy atom. The molecule has 0 atom stereocenters. The molecule has 30 heavy (non-hydrogen) atoms. The molecule has 0 radical (unpaired) electrons. The Kier molecular flexibility index (Phi) is 6.30. The average molecular weight is 480 g/mol. The number of aromatic nitrogens is 2. The number of hydrogen-bond acceptors (Lipinski definition) is 4. The molecule has 3 aromatic carbocycles. The number of hydrogen-bond donors (Lipinski definition) is 2. The molecule has 0 aliphatic rings. The molecule has 150 valence electrons. The molecule has 0 saturated heterocycles. The third-order valence-electron chi connectivity index (χ3n) is 4.44. The fourth-order valence-corrected chi connectivity index (χ4v) is 4.03. The zero-order valence-corrected chi connectivity index (χ0v) is 18.3. The van der Waals surface area contributed by atoms with Gasteiger partial charge in [-0.25, -0.2) is 4.98 Å². The summed E-state index contributed by atoms with van der Waals surface area (Å²) in [7, 11) is 0. The van der Waals surface area contributed by atoms with Gasteiger partial charge in [0, 0.05) is 32.8 Å². The van der Waals surface area contributed by atoms with E-state index in [4.69, 9.17) is 0 Å². The number of nitrogens with one attached hydrogen (secondary N) is 2. The van der Waals surface area contributed by atoms with Crippen molar-refractivity contribution in [3.63, 3.8) is 0 Å². The number of amides is 1. The highest BCUT2D eigenvalue weighted by Gasteiger charge is 2.07. The summed E-state index contributed by atoms with van der Waals surface area (Å²) >= 11 is 5.09. The van der Waals surface area contributed by atoms with Gasteiger partial charge in [-0.1, -0.05) is 39.8 Å². The number of carbonyl (C=O) groups excluding carboxylic acids is 1. The second-order valence-corrected chi connectivity index (χ2v) is 8.72. The van der Waals surface area contributed by atoms with Crippen LogP contribution in [-0.4, -0.2) is 15.9 Å². The van der Waals surface area contributed by atoms with Gasteiger partial charge in [0.25, 0.3) is 5.56 Å².